The molecule has 0 radical (unpaired) electrons. The maximum atomic E-state index is 6.02. The van der Waals surface area contributed by atoms with E-state index in [-0.39, 0.29) is 0 Å². The summed E-state index contributed by atoms with van der Waals surface area (Å²) in [6, 6.07) is 5.84. The number of hydrogen-bond acceptors (Lipinski definition) is 1. The van der Waals surface area contributed by atoms with Gasteiger partial charge in [-0.1, -0.05) is 30.7 Å². The number of aryl methyl sites for hydroxylation is 1. The minimum absolute atomic E-state index is 0.729. The minimum atomic E-state index is 0.729. The van der Waals surface area contributed by atoms with Gasteiger partial charge in [-0.2, -0.15) is 0 Å². The molecule has 0 heterocycles. The number of aliphatic imine (C=N–C) groups is 1. The fourth-order valence-corrected chi connectivity index (χ4v) is 1.30. The topological polar surface area (TPSA) is 12.4 Å². The Labute approximate surface area is 84.5 Å². The summed E-state index contributed by atoms with van der Waals surface area (Å²) >= 11 is 6.02. The highest BCUT2D eigenvalue weighted by molar-refractivity contribution is 6.33. The molecular weight excluding hydrogens is 182 g/mol. The molecule has 0 aliphatic heterocycles. The van der Waals surface area contributed by atoms with Gasteiger partial charge in [-0.25, -0.2) is 0 Å². The smallest absolute Gasteiger partial charge is 0.0844 e. The molecule has 0 aromatic heterocycles. The van der Waals surface area contributed by atoms with Crippen LogP contribution in [0.25, 0.3) is 0 Å². The van der Waals surface area contributed by atoms with E-state index in [0.29, 0.717) is 0 Å². The van der Waals surface area contributed by atoms with E-state index < -0.39 is 0 Å². The normalized spacial score (nSPS) is 11.8. The molecular formula is C11H14ClN. The lowest BCUT2D eigenvalue weighted by Gasteiger charge is -2.03. The number of hydrogen-bond donors (Lipinski definition) is 0. The van der Waals surface area contributed by atoms with Crippen LogP contribution in [0.5, 0.6) is 0 Å². The average Bonchev–Trinajstić information content (AvgIpc) is 2.11. The van der Waals surface area contributed by atoms with Crippen LogP contribution in [-0.2, 0) is 0 Å². The molecule has 0 spiro atoms. The molecule has 1 nitrogen and oxygen atoms in total. The van der Waals surface area contributed by atoms with Crippen LogP contribution in [0.4, 0.5) is 5.69 Å². The molecule has 0 saturated heterocycles. The van der Waals surface area contributed by atoms with Crippen molar-refractivity contribution in [1.29, 1.82) is 0 Å². The highest BCUT2D eigenvalue weighted by Gasteiger charge is 2.01. The maximum Gasteiger partial charge on any atom is 0.0844 e. The van der Waals surface area contributed by atoms with Crippen molar-refractivity contribution < 1.29 is 0 Å². The van der Waals surface area contributed by atoms with E-state index in [0.717, 1.165) is 28.4 Å². The lowest BCUT2D eigenvalue weighted by molar-refractivity contribution is 1.24. The zero-order chi connectivity index (χ0) is 9.84. The first-order valence-electron chi connectivity index (χ1n) is 4.44. The number of halogens is 1. The van der Waals surface area contributed by atoms with Crippen molar-refractivity contribution in [1.82, 2.24) is 0 Å². The van der Waals surface area contributed by atoms with Gasteiger partial charge >= 0.3 is 0 Å². The molecule has 13 heavy (non-hydrogen) atoms. The molecule has 1 aromatic rings. The zero-order valence-corrected chi connectivity index (χ0v) is 9.02. The second-order valence-corrected chi connectivity index (χ2v) is 3.51. The van der Waals surface area contributed by atoms with E-state index in [1.165, 1.54) is 0 Å². The van der Waals surface area contributed by atoms with Crippen LogP contribution in [0.3, 0.4) is 0 Å². The standard InChI is InChI=1S/C11H14ClN/c1-4-9(3)13-11-8(2)6-5-7-10(11)12/h5-7H,4H2,1-3H3. The van der Waals surface area contributed by atoms with Crippen molar-refractivity contribution in [2.45, 2.75) is 27.2 Å². The summed E-state index contributed by atoms with van der Waals surface area (Å²) in [6.45, 7) is 6.13. The van der Waals surface area contributed by atoms with Crippen LogP contribution < -0.4 is 0 Å². The Morgan fingerprint density at radius 3 is 2.69 bits per heavy atom. The van der Waals surface area contributed by atoms with E-state index in [4.69, 9.17) is 11.6 Å². The van der Waals surface area contributed by atoms with Gasteiger partial charge in [-0.3, -0.25) is 4.99 Å². The zero-order valence-electron chi connectivity index (χ0n) is 8.26. The molecule has 0 atom stereocenters. The van der Waals surface area contributed by atoms with Crippen molar-refractivity contribution in [2.24, 2.45) is 4.99 Å². The first-order valence-corrected chi connectivity index (χ1v) is 4.82. The second kappa shape index (κ2) is 4.43. The SMILES string of the molecule is CCC(C)=Nc1c(C)cccc1Cl. The predicted molar refractivity (Wildman–Crippen MR) is 59.2 cm³/mol. The summed E-state index contributed by atoms with van der Waals surface area (Å²) in [4.78, 5) is 4.46. The lowest BCUT2D eigenvalue weighted by atomic mass is 10.2. The van der Waals surface area contributed by atoms with Crippen LogP contribution in [0.1, 0.15) is 25.8 Å². The van der Waals surface area contributed by atoms with Gasteiger partial charge in [0.25, 0.3) is 0 Å². The largest absolute Gasteiger partial charge is 0.256 e. The van der Waals surface area contributed by atoms with Crippen molar-refractivity contribution in [3.05, 3.63) is 28.8 Å². The van der Waals surface area contributed by atoms with Crippen LogP contribution in [-0.4, -0.2) is 5.71 Å². The van der Waals surface area contributed by atoms with Gasteiger partial charge < -0.3 is 0 Å². The summed E-state index contributed by atoms with van der Waals surface area (Å²) in [6.07, 6.45) is 0.963. The molecule has 70 valence electrons. The van der Waals surface area contributed by atoms with E-state index in [9.17, 15) is 0 Å². The Kier molecular flexibility index (Phi) is 3.49. The molecule has 0 amide bonds. The fraction of sp³-hybridized carbons (Fsp3) is 0.364. The van der Waals surface area contributed by atoms with Crippen molar-refractivity contribution >= 4 is 23.0 Å². The van der Waals surface area contributed by atoms with Gasteiger partial charge in [0, 0.05) is 5.71 Å². The molecule has 1 aromatic carbocycles. The molecule has 2 heteroatoms. The van der Waals surface area contributed by atoms with Crippen molar-refractivity contribution in [3.63, 3.8) is 0 Å². The van der Waals surface area contributed by atoms with Gasteiger partial charge in [-0.15, -0.1) is 0 Å². The van der Waals surface area contributed by atoms with E-state index in [2.05, 4.69) is 11.9 Å². The molecule has 0 N–H and O–H groups in total. The summed E-state index contributed by atoms with van der Waals surface area (Å²) in [7, 11) is 0. The van der Waals surface area contributed by atoms with Gasteiger partial charge in [-0.05, 0) is 31.9 Å². The van der Waals surface area contributed by atoms with Crippen molar-refractivity contribution in [3.8, 4) is 0 Å². The third kappa shape index (κ3) is 2.56. The number of nitrogens with zero attached hydrogens (tertiary/aromatic N) is 1. The highest BCUT2D eigenvalue weighted by atomic mass is 35.5. The van der Waals surface area contributed by atoms with E-state index >= 15 is 0 Å². The van der Waals surface area contributed by atoms with E-state index in [1.807, 2.05) is 32.0 Å². The maximum absolute atomic E-state index is 6.02. The summed E-state index contributed by atoms with van der Waals surface area (Å²) in [5.74, 6) is 0. The summed E-state index contributed by atoms with van der Waals surface area (Å²) in [5.41, 5.74) is 3.14. The average molecular weight is 196 g/mol. The van der Waals surface area contributed by atoms with Crippen LogP contribution in [0, 0.1) is 6.92 Å². The fourth-order valence-electron chi connectivity index (χ4n) is 1.03. The van der Waals surface area contributed by atoms with Gasteiger partial charge in [0.2, 0.25) is 0 Å². The van der Waals surface area contributed by atoms with Gasteiger partial charge in [0.05, 0.1) is 10.7 Å². The van der Waals surface area contributed by atoms with Crippen LogP contribution in [0.15, 0.2) is 23.2 Å². The molecule has 0 bridgehead atoms. The Morgan fingerprint density at radius 1 is 1.46 bits per heavy atom. The minimum Gasteiger partial charge on any atom is -0.256 e. The lowest BCUT2D eigenvalue weighted by Crippen LogP contribution is -1.87. The van der Waals surface area contributed by atoms with Crippen molar-refractivity contribution in [2.75, 3.05) is 0 Å². The summed E-state index contributed by atoms with van der Waals surface area (Å²) < 4.78 is 0. The molecule has 1 rings (SSSR count). The molecule has 0 fully saturated rings. The molecule has 0 unspecified atom stereocenters. The highest BCUT2D eigenvalue weighted by Crippen LogP contribution is 2.28. The second-order valence-electron chi connectivity index (χ2n) is 3.11. The Morgan fingerprint density at radius 2 is 2.15 bits per heavy atom. The quantitative estimate of drug-likeness (QED) is 0.629. The number of benzene rings is 1. The van der Waals surface area contributed by atoms with E-state index in [1.54, 1.807) is 0 Å². The monoisotopic (exact) mass is 195 g/mol. The Bertz CT molecular complexity index is 309. The Balaban J connectivity index is 3.14. The predicted octanol–water partition coefficient (Wildman–Crippen LogP) is 4.15. The van der Waals surface area contributed by atoms with Gasteiger partial charge in [0.1, 0.15) is 0 Å². The number of para-hydroxylation sites is 1. The van der Waals surface area contributed by atoms with Crippen LogP contribution >= 0.6 is 11.6 Å². The van der Waals surface area contributed by atoms with Gasteiger partial charge in [0.15, 0.2) is 0 Å². The Hall–Kier alpha value is -0.820. The summed E-state index contributed by atoms with van der Waals surface area (Å²) in [5, 5.41) is 0.729. The third-order valence-corrected chi connectivity index (χ3v) is 2.31. The molecule has 0 saturated carbocycles. The molecule has 0 aliphatic carbocycles. The number of rotatable bonds is 2. The van der Waals surface area contributed by atoms with Crippen LogP contribution in [0.2, 0.25) is 5.02 Å². The first-order chi connectivity index (χ1) is 6.15. The third-order valence-electron chi connectivity index (χ3n) is 2.00. The molecule has 0 aliphatic rings. The first kappa shape index (κ1) is 10.3.